The second-order valence-corrected chi connectivity index (χ2v) is 11.9. The first kappa shape index (κ1) is 16.8. The Bertz CT molecular complexity index is 575. The predicted octanol–water partition coefficient (Wildman–Crippen LogP) is 4.72. The van der Waals surface area contributed by atoms with E-state index in [1.807, 2.05) is 6.07 Å². The van der Waals surface area contributed by atoms with Crippen LogP contribution in [0.3, 0.4) is 0 Å². The molecule has 0 aliphatic carbocycles. The van der Waals surface area contributed by atoms with Gasteiger partial charge < -0.3 is 9.47 Å². The van der Waals surface area contributed by atoms with Crippen molar-refractivity contribution < 1.29 is 9.47 Å². The molecule has 2 aromatic carbocycles. The molecule has 1 unspecified atom stereocenters. The van der Waals surface area contributed by atoms with Crippen LogP contribution in [0.2, 0.25) is 19.6 Å². The average molecular weight is 315 g/mol. The van der Waals surface area contributed by atoms with E-state index in [0.717, 1.165) is 5.75 Å². The van der Waals surface area contributed by atoms with Crippen molar-refractivity contribution in [3.05, 3.63) is 65.7 Å². The minimum atomic E-state index is -1.46. The number of para-hydroxylation sites is 1. The molecule has 0 heterocycles. The summed E-state index contributed by atoms with van der Waals surface area (Å²) in [5.74, 6) is 0.982. The van der Waals surface area contributed by atoms with Gasteiger partial charge in [-0.05, 0) is 17.2 Å². The molecule has 3 heteroatoms. The van der Waals surface area contributed by atoms with Gasteiger partial charge in [0.2, 0.25) is 0 Å². The zero-order valence-electron chi connectivity index (χ0n) is 14.0. The van der Waals surface area contributed by atoms with Crippen LogP contribution in [0.5, 0.6) is 5.75 Å². The molecule has 2 aromatic rings. The van der Waals surface area contributed by atoms with Gasteiger partial charge in [-0.2, -0.15) is 0 Å². The van der Waals surface area contributed by atoms with Crippen molar-refractivity contribution in [2.45, 2.75) is 25.2 Å². The number of benzene rings is 2. The maximum atomic E-state index is 5.97. The summed E-state index contributed by atoms with van der Waals surface area (Å²) >= 11 is 0. The van der Waals surface area contributed by atoms with Crippen LogP contribution >= 0.6 is 0 Å². The summed E-state index contributed by atoms with van der Waals surface area (Å²) in [6, 6.07) is 19.2. The Balaban J connectivity index is 2.40. The summed E-state index contributed by atoms with van der Waals surface area (Å²) in [7, 11) is 0.240. The third kappa shape index (κ3) is 4.21. The Kier molecular flexibility index (Phi) is 5.81. The fraction of sp³-hybridized carbons (Fsp3) is 0.368. The lowest BCUT2D eigenvalue weighted by Gasteiger charge is -2.31. The number of ether oxygens (including phenoxy) is 2. The minimum Gasteiger partial charge on any atom is -0.491 e. The van der Waals surface area contributed by atoms with Gasteiger partial charge in [-0.15, -0.1) is 0 Å². The van der Waals surface area contributed by atoms with E-state index in [0.29, 0.717) is 18.8 Å². The van der Waals surface area contributed by atoms with Gasteiger partial charge in [0.15, 0.2) is 0 Å². The second kappa shape index (κ2) is 7.61. The lowest BCUT2D eigenvalue weighted by atomic mass is 10.0. The summed E-state index contributed by atoms with van der Waals surface area (Å²) in [6.45, 7) is 8.43. The summed E-state index contributed by atoms with van der Waals surface area (Å²) in [5.41, 5.74) is 3.10. The van der Waals surface area contributed by atoms with E-state index in [4.69, 9.17) is 9.47 Å². The largest absolute Gasteiger partial charge is 0.491 e. The van der Waals surface area contributed by atoms with Gasteiger partial charge in [-0.25, -0.2) is 0 Å². The van der Waals surface area contributed by atoms with Crippen LogP contribution in [-0.4, -0.2) is 28.4 Å². The van der Waals surface area contributed by atoms with E-state index in [1.165, 1.54) is 11.1 Å². The third-order valence-corrected chi connectivity index (χ3v) is 6.15. The molecule has 0 saturated heterocycles. The van der Waals surface area contributed by atoms with E-state index < -0.39 is 8.07 Å². The average Bonchev–Trinajstić information content (AvgIpc) is 2.49. The minimum absolute atomic E-state index is 0.424. The standard InChI is InChI=1S/C19H26O2Si/c1-20-14-15-21-18-13-9-8-12-17(18)19(22(2,3)4)16-10-6-5-7-11-16/h5-13,19H,14-15H2,1-4H3. The Morgan fingerprint density at radius 2 is 1.50 bits per heavy atom. The van der Waals surface area contributed by atoms with Gasteiger partial charge in [0.05, 0.1) is 14.7 Å². The first-order chi connectivity index (χ1) is 10.5. The molecule has 22 heavy (non-hydrogen) atoms. The smallest absolute Gasteiger partial charge is 0.122 e. The molecule has 0 N–H and O–H groups in total. The van der Waals surface area contributed by atoms with Crippen molar-refractivity contribution in [3.63, 3.8) is 0 Å². The fourth-order valence-electron chi connectivity index (χ4n) is 2.88. The van der Waals surface area contributed by atoms with Crippen molar-refractivity contribution >= 4 is 8.07 Å². The molecule has 0 saturated carbocycles. The molecule has 0 aliphatic heterocycles. The van der Waals surface area contributed by atoms with Gasteiger partial charge in [0.1, 0.15) is 12.4 Å². The van der Waals surface area contributed by atoms with E-state index in [2.05, 4.69) is 68.2 Å². The number of rotatable bonds is 7. The van der Waals surface area contributed by atoms with Crippen molar-refractivity contribution in [1.29, 1.82) is 0 Å². The van der Waals surface area contributed by atoms with Gasteiger partial charge in [0.25, 0.3) is 0 Å². The van der Waals surface area contributed by atoms with Crippen LogP contribution in [0.1, 0.15) is 16.7 Å². The molecule has 0 aliphatic rings. The SMILES string of the molecule is COCCOc1ccccc1C(c1ccccc1)[Si](C)(C)C. The van der Waals surface area contributed by atoms with Gasteiger partial charge >= 0.3 is 0 Å². The summed E-state index contributed by atoms with van der Waals surface area (Å²) in [6.07, 6.45) is 0. The molecule has 0 amide bonds. The molecule has 2 rings (SSSR count). The number of hydrogen-bond acceptors (Lipinski definition) is 2. The molecule has 118 valence electrons. The maximum absolute atomic E-state index is 5.97. The van der Waals surface area contributed by atoms with Crippen molar-refractivity contribution in [1.82, 2.24) is 0 Å². The monoisotopic (exact) mass is 314 g/mol. The molecular weight excluding hydrogens is 288 g/mol. The molecule has 0 aromatic heterocycles. The Labute approximate surface area is 135 Å². The Hall–Kier alpha value is -1.58. The van der Waals surface area contributed by atoms with Crippen LogP contribution in [0.25, 0.3) is 0 Å². The second-order valence-electron chi connectivity index (χ2n) is 6.59. The Morgan fingerprint density at radius 3 is 2.14 bits per heavy atom. The highest BCUT2D eigenvalue weighted by Gasteiger charge is 2.31. The van der Waals surface area contributed by atoms with E-state index in [-0.39, 0.29) is 0 Å². The summed E-state index contributed by atoms with van der Waals surface area (Å²) in [4.78, 5) is 0. The quantitative estimate of drug-likeness (QED) is 0.544. The molecule has 2 nitrogen and oxygen atoms in total. The van der Waals surface area contributed by atoms with Crippen LogP contribution in [0.15, 0.2) is 54.6 Å². The highest BCUT2D eigenvalue weighted by Crippen LogP contribution is 2.38. The lowest BCUT2D eigenvalue weighted by Crippen LogP contribution is -2.32. The third-order valence-electron chi connectivity index (χ3n) is 3.77. The van der Waals surface area contributed by atoms with E-state index >= 15 is 0 Å². The maximum Gasteiger partial charge on any atom is 0.122 e. The van der Waals surface area contributed by atoms with Crippen LogP contribution in [0.4, 0.5) is 0 Å². The first-order valence-electron chi connectivity index (χ1n) is 7.79. The molecule has 0 spiro atoms. The number of hydrogen-bond donors (Lipinski definition) is 0. The predicted molar refractivity (Wildman–Crippen MR) is 95.4 cm³/mol. The van der Waals surface area contributed by atoms with Crippen LogP contribution in [0, 0.1) is 0 Å². The van der Waals surface area contributed by atoms with Gasteiger partial charge in [-0.1, -0.05) is 68.2 Å². The first-order valence-corrected chi connectivity index (χ1v) is 11.4. The molecular formula is C19H26O2Si. The zero-order chi connectivity index (χ0) is 16.0. The zero-order valence-corrected chi connectivity index (χ0v) is 15.0. The molecule has 0 bridgehead atoms. The summed E-state index contributed by atoms with van der Waals surface area (Å²) in [5, 5.41) is 0. The number of methoxy groups -OCH3 is 1. The molecule has 1 atom stereocenters. The van der Waals surface area contributed by atoms with Crippen molar-refractivity contribution in [3.8, 4) is 5.75 Å². The van der Waals surface area contributed by atoms with E-state index in [9.17, 15) is 0 Å². The van der Waals surface area contributed by atoms with E-state index in [1.54, 1.807) is 7.11 Å². The summed E-state index contributed by atoms with van der Waals surface area (Å²) < 4.78 is 11.1. The van der Waals surface area contributed by atoms with Crippen LogP contribution in [-0.2, 0) is 4.74 Å². The molecule has 0 fully saturated rings. The molecule has 0 radical (unpaired) electrons. The topological polar surface area (TPSA) is 18.5 Å². The van der Waals surface area contributed by atoms with Gasteiger partial charge in [-0.3, -0.25) is 0 Å². The highest BCUT2D eigenvalue weighted by molar-refractivity contribution is 6.78. The van der Waals surface area contributed by atoms with Gasteiger partial charge in [0, 0.05) is 12.7 Å². The fourth-order valence-corrected chi connectivity index (χ4v) is 5.24. The Morgan fingerprint density at radius 1 is 0.864 bits per heavy atom. The van der Waals surface area contributed by atoms with Crippen LogP contribution < -0.4 is 4.74 Å². The normalized spacial score (nSPS) is 12.9. The van der Waals surface area contributed by atoms with Crippen molar-refractivity contribution in [2.24, 2.45) is 0 Å². The lowest BCUT2D eigenvalue weighted by molar-refractivity contribution is 0.146. The highest BCUT2D eigenvalue weighted by atomic mass is 28.3. The van der Waals surface area contributed by atoms with Crippen molar-refractivity contribution in [2.75, 3.05) is 20.3 Å².